The quantitative estimate of drug-likeness (QED) is 0.602. The zero-order chi connectivity index (χ0) is 16.4. The largest absolute Gasteiger partial charge is 0.355 e. The minimum atomic E-state index is -0.306. The summed E-state index contributed by atoms with van der Waals surface area (Å²) in [7, 11) is 0. The molecule has 1 amide bonds. The molecular formula is C17H13N5O2. The molecule has 0 saturated carbocycles. The van der Waals surface area contributed by atoms with Crippen molar-refractivity contribution in [1.29, 1.82) is 0 Å². The number of carbonyl (C=O) groups is 1. The van der Waals surface area contributed by atoms with Crippen molar-refractivity contribution in [2.75, 3.05) is 0 Å². The Labute approximate surface area is 136 Å². The zero-order valence-corrected chi connectivity index (χ0v) is 12.6. The van der Waals surface area contributed by atoms with Gasteiger partial charge in [0.1, 0.15) is 0 Å². The lowest BCUT2D eigenvalue weighted by molar-refractivity contribution is 0.0941. The first-order valence-electron chi connectivity index (χ1n) is 7.38. The van der Waals surface area contributed by atoms with Gasteiger partial charge in [0.05, 0.1) is 24.0 Å². The molecule has 7 heteroatoms. The van der Waals surface area contributed by atoms with Gasteiger partial charge in [-0.05, 0) is 30.3 Å². The van der Waals surface area contributed by atoms with Crippen LogP contribution in [0.15, 0.2) is 59.4 Å². The van der Waals surface area contributed by atoms with Crippen LogP contribution in [0.3, 0.4) is 0 Å². The molecule has 0 unspecified atom stereocenters. The summed E-state index contributed by atoms with van der Waals surface area (Å²) < 4.78 is 5.29. The van der Waals surface area contributed by atoms with Gasteiger partial charge in [0.25, 0.3) is 5.91 Å². The smallest absolute Gasteiger partial charge is 0.273 e. The second-order valence-corrected chi connectivity index (χ2v) is 5.25. The number of hydrogen-bond donors (Lipinski definition) is 2. The van der Waals surface area contributed by atoms with Crippen LogP contribution >= 0.6 is 0 Å². The molecule has 1 aromatic carbocycles. The molecule has 4 aromatic rings. The van der Waals surface area contributed by atoms with Crippen molar-refractivity contribution in [1.82, 2.24) is 25.7 Å². The third-order valence-corrected chi connectivity index (χ3v) is 3.62. The first kappa shape index (κ1) is 14.1. The highest BCUT2D eigenvalue weighted by atomic mass is 16.5. The maximum absolute atomic E-state index is 12.2. The van der Waals surface area contributed by atoms with Crippen molar-refractivity contribution >= 4 is 16.8 Å². The Balaban J connectivity index is 1.50. The van der Waals surface area contributed by atoms with Crippen LogP contribution in [0.4, 0.5) is 0 Å². The number of amides is 1. The van der Waals surface area contributed by atoms with Gasteiger partial charge in [0.15, 0.2) is 11.5 Å². The second-order valence-electron chi connectivity index (χ2n) is 5.25. The Morgan fingerprint density at radius 3 is 3.04 bits per heavy atom. The number of aromatic amines is 1. The Hall–Kier alpha value is -3.48. The van der Waals surface area contributed by atoms with E-state index in [0.29, 0.717) is 12.3 Å². The molecule has 7 nitrogen and oxygen atoms in total. The van der Waals surface area contributed by atoms with E-state index in [1.165, 1.54) is 0 Å². The van der Waals surface area contributed by atoms with E-state index in [4.69, 9.17) is 4.52 Å². The van der Waals surface area contributed by atoms with E-state index in [1.807, 2.05) is 36.4 Å². The molecule has 3 heterocycles. The number of hydrogen-bond acceptors (Lipinski definition) is 5. The Bertz CT molecular complexity index is 990. The molecular weight excluding hydrogens is 306 g/mol. The number of nitrogens with one attached hydrogen (secondary N) is 2. The van der Waals surface area contributed by atoms with Crippen molar-refractivity contribution in [3.05, 3.63) is 66.2 Å². The minimum Gasteiger partial charge on any atom is -0.355 e. The van der Waals surface area contributed by atoms with E-state index in [0.717, 1.165) is 22.2 Å². The average molecular weight is 319 g/mol. The molecule has 0 atom stereocenters. The molecule has 4 rings (SSSR count). The van der Waals surface area contributed by atoms with Crippen molar-refractivity contribution < 1.29 is 9.32 Å². The fourth-order valence-electron chi connectivity index (χ4n) is 2.38. The van der Waals surface area contributed by atoms with Gasteiger partial charge in [-0.3, -0.25) is 14.9 Å². The highest BCUT2D eigenvalue weighted by molar-refractivity contribution is 5.93. The fraction of sp³-hybridized carbons (Fsp3) is 0.0588. The van der Waals surface area contributed by atoms with Crippen LogP contribution in [0.5, 0.6) is 0 Å². The van der Waals surface area contributed by atoms with Crippen LogP contribution in [-0.4, -0.2) is 26.2 Å². The second kappa shape index (κ2) is 5.96. The van der Waals surface area contributed by atoms with Gasteiger partial charge in [-0.25, -0.2) is 0 Å². The molecule has 0 aliphatic rings. The van der Waals surface area contributed by atoms with E-state index in [2.05, 4.69) is 25.7 Å². The summed E-state index contributed by atoms with van der Waals surface area (Å²) in [5, 5.41) is 14.4. The summed E-state index contributed by atoms with van der Waals surface area (Å²) in [6, 6.07) is 12.9. The number of H-pyrrole nitrogens is 1. The Morgan fingerprint density at radius 1 is 1.21 bits per heavy atom. The van der Waals surface area contributed by atoms with E-state index in [9.17, 15) is 4.79 Å². The first-order valence-corrected chi connectivity index (χ1v) is 7.38. The molecule has 0 saturated heterocycles. The summed E-state index contributed by atoms with van der Waals surface area (Å²) in [5.41, 5.74) is 2.78. The monoisotopic (exact) mass is 319 g/mol. The molecule has 0 fully saturated rings. The van der Waals surface area contributed by atoms with Crippen molar-refractivity contribution in [2.24, 2.45) is 0 Å². The van der Waals surface area contributed by atoms with E-state index in [1.54, 1.807) is 18.5 Å². The molecule has 24 heavy (non-hydrogen) atoms. The normalized spacial score (nSPS) is 10.8. The van der Waals surface area contributed by atoms with Crippen LogP contribution in [0.1, 0.15) is 16.2 Å². The number of carbonyl (C=O) groups excluding carboxylic acids is 1. The molecule has 0 bridgehead atoms. The third-order valence-electron chi connectivity index (χ3n) is 3.62. The standard InChI is InChI=1S/C17H13N5O2/c23-17(19-10-13-3-1-2-6-18-13)15-8-16(24-22-15)11-4-5-14-12(7-11)9-20-21-14/h1-9H,10H2,(H,19,23)(H,20,21). The molecule has 0 spiro atoms. The number of rotatable bonds is 4. The molecule has 0 radical (unpaired) electrons. The van der Waals surface area contributed by atoms with Gasteiger partial charge in [0, 0.05) is 23.2 Å². The summed E-state index contributed by atoms with van der Waals surface area (Å²) in [6.07, 6.45) is 3.41. The SMILES string of the molecule is O=C(NCc1ccccn1)c1cc(-c2ccc3[nH]ncc3c2)on1. The number of pyridine rings is 1. The summed E-state index contributed by atoms with van der Waals surface area (Å²) >= 11 is 0. The fourth-order valence-corrected chi connectivity index (χ4v) is 2.38. The summed E-state index contributed by atoms with van der Waals surface area (Å²) in [5.74, 6) is 0.223. The predicted molar refractivity (Wildman–Crippen MR) is 87.0 cm³/mol. The van der Waals surface area contributed by atoms with Crippen LogP contribution in [0.2, 0.25) is 0 Å². The lowest BCUT2D eigenvalue weighted by Crippen LogP contribution is -2.23. The Kier molecular flexibility index (Phi) is 3.51. The van der Waals surface area contributed by atoms with E-state index < -0.39 is 0 Å². The van der Waals surface area contributed by atoms with Gasteiger partial charge in [-0.2, -0.15) is 5.10 Å². The minimum absolute atomic E-state index is 0.230. The molecule has 118 valence electrons. The van der Waals surface area contributed by atoms with E-state index in [-0.39, 0.29) is 11.6 Å². The van der Waals surface area contributed by atoms with Gasteiger partial charge < -0.3 is 9.84 Å². The van der Waals surface area contributed by atoms with Crippen molar-refractivity contribution in [3.8, 4) is 11.3 Å². The number of nitrogens with zero attached hydrogens (tertiary/aromatic N) is 3. The third kappa shape index (κ3) is 2.74. The lowest BCUT2D eigenvalue weighted by Gasteiger charge is -2.01. The van der Waals surface area contributed by atoms with E-state index >= 15 is 0 Å². The number of benzene rings is 1. The highest BCUT2D eigenvalue weighted by Gasteiger charge is 2.14. The summed E-state index contributed by atoms with van der Waals surface area (Å²) in [4.78, 5) is 16.3. The number of aromatic nitrogens is 4. The van der Waals surface area contributed by atoms with Crippen molar-refractivity contribution in [3.63, 3.8) is 0 Å². The van der Waals surface area contributed by atoms with Crippen molar-refractivity contribution in [2.45, 2.75) is 6.54 Å². The Morgan fingerprint density at radius 2 is 2.17 bits per heavy atom. The van der Waals surface area contributed by atoms with Gasteiger partial charge in [-0.15, -0.1) is 0 Å². The topological polar surface area (TPSA) is 96.7 Å². The van der Waals surface area contributed by atoms with Crippen LogP contribution in [-0.2, 0) is 6.54 Å². The first-order chi connectivity index (χ1) is 11.8. The molecule has 2 N–H and O–H groups in total. The highest BCUT2D eigenvalue weighted by Crippen LogP contribution is 2.24. The van der Waals surface area contributed by atoms with Crippen LogP contribution in [0.25, 0.3) is 22.2 Å². The maximum atomic E-state index is 12.2. The average Bonchev–Trinajstić information content (AvgIpc) is 3.29. The van der Waals surface area contributed by atoms with Crippen LogP contribution < -0.4 is 5.32 Å². The van der Waals surface area contributed by atoms with Gasteiger partial charge in [-0.1, -0.05) is 11.2 Å². The van der Waals surface area contributed by atoms with Gasteiger partial charge >= 0.3 is 0 Å². The molecule has 0 aliphatic carbocycles. The molecule has 0 aliphatic heterocycles. The number of fused-ring (bicyclic) bond motifs is 1. The molecule has 3 aromatic heterocycles. The maximum Gasteiger partial charge on any atom is 0.273 e. The summed E-state index contributed by atoms with van der Waals surface area (Å²) in [6.45, 7) is 0.336. The predicted octanol–water partition coefficient (Wildman–Crippen LogP) is 2.54. The van der Waals surface area contributed by atoms with Crippen LogP contribution in [0, 0.1) is 0 Å². The lowest BCUT2D eigenvalue weighted by atomic mass is 10.1. The zero-order valence-electron chi connectivity index (χ0n) is 12.6. The van der Waals surface area contributed by atoms with Gasteiger partial charge in [0.2, 0.25) is 0 Å².